The minimum Gasteiger partial charge on any atom is -0.348 e. The third-order valence-electron chi connectivity index (χ3n) is 3.75. The molecule has 1 aliphatic carbocycles. The monoisotopic (exact) mass is 276 g/mol. The molecule has 0 aromatic carbocycles. The lowest BCUT2D eigenvalue weighted by Gasteiger charge is -2.17. The fourth-order valence-corrected chi connectivity index (χ4v) is 2.48. The molecule has 1 saturated carbocycles. The SMILES string of the molecule is CCCCN(C)c1nccc(C(=O)NC2CCCC2)n1. The van der Waals surface area contributed by atoms with Gasteiger partial charge in [-0.15, -0.1) is 0 Å². The summed E-state index contributed by atoms with van der Waals surface area (Å²) in [6.45, 7) is 3.06. The van der Waals surface area contributed by atoms with E-state index in [0.717, 1.165) is 32.2 Å². The molecule has 0 atom stereocenters. The molecule has 1 heterocycles. The van der Waals surface area contributed by atoms with Crippen LogP contribution in [0, 0.1) is 0 Å². The van der Waals surface area contributed by atoms with Crippen molar-refractivity contribution < 1.29 is 4.79 Å². The average Bonchev–Trinajstić information content (AvgIpc) is 2.97. The summed E-state index contributed by atoms with van der Waals surface area (Å²) in [6.07, 6.45) is 8.47. The highest BCUT2D eigenvalue weighted by molar-refractivity contribution is 5.92. The lowest BCUT2D eigenvalue weighted by molar-refractivity contribution is 0.0932. The van der Waals surface area contributed by atoms with Gasteiger partial charge in [-0.3, -0.25) is 4.79 Å². The average molecular weight is 276 g/mol. The van der Waals surface area contributed by atoms with Crippen molar-refractivity contribution in [3.8, 4) is 0 Å². The number of anilines is 1. The summed E-state index contributed by atoms with van der Waals surface area (Å²) in [5.41, 5.74) is 0.463. The first-order valence-electron chi connectivity index (χ1n) is 7.55. The molecule has 20 heavy (non-hydrogen) atoms. The van der Waals surface area contributed by atoms with E-state index >= 15 is 0 Å². The lowest BCUT2D eigenvalue weighted by atomic mass is 10.2. The van der Waals surface area contributed by atoms with E-state index < -0.39 is 0 Å². The maximum absolute atomic E-state index is 12.2. The highest BCUT2D eigenvalue weighted by atomic mass is 16.1. The Labute approximate surface area is 120 Å². The largest absolute Gasteiger partial charge is 0.348 e. The maximum Gasteiger partial charge on any atom is 0.270 e. The Bertz CT molecular complexity index is 443. The van der Waals surface area contributed by atoms with Crippen molar-refractivity contribution in [2.45, 2.75) is 51.5 Å². The Morgan fingerprint density at radius 3 is 2.90 bits per heavy atom. The number of amides is 1. The molecule has 110 valence electrons. The molecule has 1 amide bonds. The van der Waals surface area contributed by atoms with Gasteiger partial charge in [-0.1, -0.05) is 26.2 Å². The van der Waals surface area contributed by atoms with Gasteiger partial charge in [-0.2, -0.15) is 0 Å². The molecule has 0 unspecified atom stereocenters. The summed E-state index contributed by atoms with van der Waals surface area (Å²) in [6, 6.07) is 2.00. The summed E-state index contributed by atoms with van der Waals surface area (Å²) in [4.78, 5) is 22.8. The summed E-state index contributed by atoms with van der Waals surface area (Å²) >= 11 is 0. The molecule has 0 bridgehead atoms. The number of carbonyl (C=O) groups is 1. The third kappa shape index (κ3) is 3.92. The van der Waals surface area contributed by atoms with Gasteiger partial charge in [0.15, 0.2) is 0 Å². The quantitative estimate of drug-likeness (QED) is 0.866. The second-order valence-corrected chi connectivity index (χ2v) is 5.47. The second kappa shape index (κ2) is 7.22. The van der Waals surface area contributed by atoms with Crippen LogP contribution in [0.15, 0.2) is 12.3 Å². The van der Waals surface area contributed by atoms with Gasteiger partial charge in [-0.05, 0) is 25.3 Å². The molecule has 1 fully saturated rings. The fourth-order valence-electron chi connectivity index (χ4n) is 2.48. The Kier molecular flexibility index (Phi) is 5.32. The number of hydrogen-bond donors (Lipinski definition) is 1. The minimum atomic E-state index is -0.0792. The number of unbranched alkanes of at least 4 members (excludes halogenated alkanes) is 1. The van der Waals surface area contributed by atoms with Crippen molar-refractivity contribution in [1.29, 1.82) is 0 Å². The van der Waals surface area contributed by atoms with Gasteiger partial charge < -0.3 is 10.2 Å². The summed E-state index contributed by atoms with van der Waals surface area (Å²) in [5, 5.41) is 3.06. The van der Waals surface area contributed by atoms with Gasteiger partial charge in [0.1, 0.15) is 5.69 Å². The van der Waals surface area contributed by atoms with Crippen LogP contribution in [-0.2, 0) is 0 Å². The van der Waals surface area contributed by atoms with E-state index in [4.69, 9.17) is 0 Å². The number of aromatic nitrogens is 2. The van der Waals surface area contributed by atoms with Crippen LogP contribution in [0.1, 0.15) is 55.9 Å². The van der Waals surface area contributed by atoms with Gasteiger partial charge in [0, 0.05) is 25.8 Å². The molecule has 5 nitrogen and oxygen atoms in total. The molecular formula is C15H24N4O. The van der Waals surface area contributed by atoms with Crippen molar-refractivity contribution in [1.82, 2.24) is 15.3 Å². The van der Waals surface area contributed by atoms with Crippen LogP contribution in [0.4, 0.5) is 5.95 Å². The van der Waals surface area contributed by atoms with Crippen LogP contribution in [0.5, 0.6) is 0 Å². The van der Waals surface area contributed by atoms with Gasteiger partial charge in [0.05, 0.1) is 0 Å². The zero-order valence-electron chi connectivity index (χ0n) is 12.4. The molecule has 1 aromatic heterocycles. The zero-order valence-corrected chi connectivity index (χ0v) is 12.4. The fraction of sp³-hybridized carbons (Fsp3) is 0.667. The van der Waals surface area contributed by atoms with Gasteiger partial charge >= 0.3 is 0 Å². The zero-order chi connectivity index (χ0) is 14.4. The maximum atomic E-state index is 12.2. The van der Waals surface area contributed by atoms with Crippen LogP contribution in [0.2, 0.25) is 0 Å². The minimum absolute atomic E-state index is 0.0792. The Morgan fingerprint density at radius 2 is 2.20 bits per heavy atom. The van der Waals surface area contributed by atoms with Crippen molar-refractivity contribution in [3.05, 3.63) is 18.0 Å². The summed E-state index contributed by atoms with van der Waals surface area (Å²) < 4.78 is 0. The Balaban J connectivity index is 1.98. The number of rotatable bonds is 6. The predicted octanol–water partition coefficient (Wildman–Crippen LogP) is 2.39. The first kappa shape index (κ1) is 14.8. The molecule has 0 saturated heterocycles. The molecule has 1 N–H and O–H groups in total. The highest BCUT2D eigenvalue weighted by Crippen LogP contribution is 2.18. The summed E-state index contributed by atoms with van der Waals surface area (Å²) in [5.74, 6) is 0.543. The van der Waals surface area contributed by atoms with Crippen LogP contribution in [-0.4, -0.2) is 35.5 Å². The molecule has 2 rings (SSSR count). The van der Waals surface area contributed by atoms with E-state index in [9.17, 15) is 4.79 Å². The molecular weight excluding hydrogens is 252 g/mol. The molecule has 1 aliphatic rings. The Morgan fingerprint density at radius 1 is 1.45 bits per heavy atom. The normalized spacial score (nSPS) is 15.3. The van der Waals surface area contributed by atoms with Crippen molar-refractivity contribution in [2.24, 2.45) is 0 Å². The lowest BCUT2D eigenvalue weighted by Crippen LogP contribution is -2.33. The van der Waals surface area contributed by atoms with E-state index in [0.29, 0.717) is 17.7 Å². The van der Waals surface area contributed by atoms with Gasteiger partial charge in [0.2, 0.25) is 5.95 Å². The number of carbonyl (C=O) groups excluding carboxylic acids is 1. The van der Waals surface area contributed by atoms with Crippen molar-refractivity contribution in [3.63, 3.8) is 0 Å². The first-order valence-corrected chi connectivity index (χ1v) is 7.55. The van der Waals surface area contributed by atoms with Crippen LogP contribution in [0.25, 0.3) is 0 Å². The second-order valence-electron chi connectivity index (χ2n) is 5.47. The standard InChI is InChI=1S/C15H24N4O/c1-3-4-11-19(2)15-16-10-9-13(18-15)14(20)17-12-7-5-6-8-12/h9-10,12H,3-8,11H2,1-2H3,(H,17,20). The number of nitrogens with zero attached hydrogens (tertiary/aromatic N) is 3. The Hall–Kier alpha value is -1.65. The van der Waals surface area contributed by atoms with E-state index in [-0.39, 0.29) is 5.91 Å². The molecule has 0 aliphatic heterocycles. The van der Waals surface area contributed by atoms with Crippen LogP contribution < -0.4 is 10.2 Å². The van der Waals surface area contributed by atoms with E-state index in [2.05, 4.69) is 22.2 Å². The first-order chi connectivity index (χ1) is 9.70. The number of nitrogens with one attached hydrogen (secondary N) is 1. The van der Waals surface area contributed by atoms with Gasteiger partial charge in [-0.25, -0.2) is 9.97 Å². The van der Waals surface area contributed by atoms with Crippen LogP contribution in [0.3, 0.4) is 0 Å². The molecule has 1 aromatic rings. The third-order valence-corrected chi connectivity index (χ3v) is 3.75. The molecule has 0 spiro atoms. The van der Waals surface area contributed by atoms with Crippen molar-refractivity contribution in [2.75, 3.05) is 18.5 Å². The van der Waals surface area contributed by atoms with E-state index in [1.807, 2.05) is 11.9 Å². The van der Waals surface area contributed by atoms with Crippen LogP contribution >= 0.6 is 0 Å². The van der Waals surface area contributed by atoms with Gasteiger partial charge in [0.25, 0.3) is 5.91 Å². The number of hydrogen-bond acceptors (Lipinski definition) is 4. The molecule has 5 heteroatoms. The van der Waals surface area contributed by atoms with Crippen molar-refractivity contribution >= 4 is 11.9 Å². The highest BCUT2D eigenvalue weighted by Gasteiger charge is 2.19. The smallest absolute Gasteiger partial charge is 0.270 e. The molecule has 0 radical (unpaired) electrons. The van der Waals surface area contributed by atoms with E-state index in [1.54, 1.807) is 12.3 Å². The summed E-state index contributed by atoms with van der Waals surface area (Å²) in [7, 11) is 1.96. The van der Waals surface area contributed by atoms with E-state index in [1.165, 1.54) is 12.8 Å². The predicted molar refractivity (Wildman–Crippen MR) is 79.9 cm³/mol. The topological polar surface area (TPSA) is 58.1 Å².